The van der Waals surface area contributed by atoms with Crippen molar-refractivity contribution < 1.29 is 4.74 Å². The third-order valence-electron chi connectivity index (χ3n) is 3.29. The number of hydrogen-bond donors (Lipinski definition) is 1. The summed E-state index contributed by atoms with van der Waals surface area (Å²) in [5, 5.41) is 0. The number of rotatable bonds is 2. The monoisotopic (exact) mass is 191 g/mol. The molecule has 0 unspecified atom stereocenters. The van der Waals surface area contributed by atoms with E-state index < -0.39 is 0 Å². The van der Waals surface area contributed by atoms with Crippen molar-refractivity contribution in [1.29, 1.82) is 0 Å². The van der Waals surface area contributed by atoms with E-state index in [0.29, 0.717) is 5.92 Å². The van der Waals surface area contributed by atoms with Crippen LogP contribution in [0.5, 0.6) is 0 Å². The normalized spacial score (nSPS) is 19.4. The van der Waals surface area contributed by atoms with Gasteiger partial charge in [0.2, 0.25) is 0 Å². The fraction of sp³-hybridized carbons (Fsp3) is 0.500. The van der Waals surface area contributed by atoms with E-state index >= 15 is 0 Å². The summed E-state index contributed by atoms with van der Waals surface area (Å²) in [5.41, 5.74) is 8.16. The number of nitrogen functional groups attached to an aromatic ring is 1. The van der Waals surface area contributed by atoms with Gasteiger partial charge in [-0.3, -0.25) is 0 Å². The lowest BCUT2D eigenvalue weighted by Crippen LogP contribution is -2.50. The van der Waals surface area contributed by atoms with Gasteiger partial charge in [0.15, 0.2) is 0 Å². The molecule has 2 heteroatoms. The van der Waals surface area contributed by atoms with E-state index in [9.17, 15) is 0 Å². The first-order chi connectivity index (χ1) is 6.65. The molecule has 2 rings (SSSR count). The maximum atomic E-state index is 5.79. The van der Waals surface area contributed by atoms with Crippen LogP contribution in [0.3, 0.4) is 0 Å². The van der Waals surface area contributed by atoms with Crippen LogP contribution < -0.4 is 5.73 Å². The van der Waals surface area contributed by atoms with Crippen LogP contribution in [-0.4, -0.2) is 13.2 Å². The summed E-state index contributed by atoms with van der Waals surface area (Å²) < 4.78 is 5.35. The molecule has 0 radical (unpaired) electrons. The van der Waals surface area contributed by atoms with Gasteiger partial charge in [0.25, 0.3) is 0 Å². The van der Waals surface area contributed by atoms with Gasteiger partial charge in [-0.2, -0.15) is 0 Å². The Morgan fingerprint density at radius 2 is 2.07 bits per heavy atom. The highest BCUT2D eigenvalue weighted by atomic mass is 16.5. The fourth-order valence-electron chi connectivity index (χ4n) is 2.00. The molecule has 76 valence electrons. The van der Waals surface area contributed by atoms with Crippen LogP contribution >= 0.6 is 0 Å². The van der Waals surface area contributed by atoms with Crippen molar-refractivity contribution in [1.82, 2.24) is 0 Å². The molecule has 0 saturated carbocycles. The van der Waals surface area contributed by atoms with Crippen LogP contribution in [0.2, 0.25) is 0 Å². The second kappa shape index (κ2) is 3.28. The molecule has 1 fully saturated rings. The Bertz CT molecular complexity index is 329. The summed E-state index contributed by atoms with van der Waals surface area (Å²) in [6.07, 6.45) is 0. The molecule has 1 aromatic rings. The molecular weight excluding hydrogens is 174 g/mol. The molecule has 14 heavy (non-hydrogen) atoms. The van der Waals surface area contributed by atoms with E-state index in [-0.39, 0.29) is 5.41 Å². The van der Waals surface area contributed by atoms with Crippen molar-refractivity contribution in [2.45, 2.75) is 19.3 Å². The molecular formula is C12H17NO. The number of anilines is 1. The minimum absolute atomic E-state index is 0.204. The summed E-state index contributed by atoms with van der Waals surface area (Å²) in [5.74, 6) is 0.595. The Kier molecular flexibility index (Phi) is 2.23. The number of hydrogen-bond acceptors (Lipinski definition) is 2. The molecule has 0 aliphatic carbocycles. The van der Waals surface area contributed by atoms with E-state index in [1.54, 1.807) is 0 Å². The molecule has 1 aliphatic rings. The minimum atomic E-state index is 0.204. The highest BCUT2D eigenvalue weighted by Gasteiger charge is 2.42. The maximum absolute atomic E-state index is 5.79. The fourth-order valence-corrected chi connectivity index (χ4v) is 2.00. The van der Waals surface area contributed by atoms with Crippen molar-refractivity contribution in [2.75, 3.05) is 18.9 Å². The largest absolute Gasteiger partial charge is 0.399 e. The number of ether oxygens (including phenoxy) is 1. The Morgan fingerprint density at radius 1 is 1.36 bits per heavy atom. The van der Waals surface area contributed by atoms with Crippen LogP contribution in [0, 0.1) is 5.92 Å². The van der Waals surface area contributed by atoms with Crippen LogP contribution in [0.15, 0.2) is 24.3 Å². The maximum Gasteiger partial charge on any atom is 0.0588 e. The van der Waals surface area contributed by atoms with Crippen LogP contribution in [0.4, 0.5) is 5.69 Å². The molecule has 0 amide bonds. The lowest BCUT2D eigenvalue weighted by atomic mass is 9.70. The van der Waals surface area contributed by atoms with Crippen molar-refractivity contribution in [3.63, 3.8) is 0 Å². The number of benzene rings is 1. The zero-order chi connectivity index (χ0) is 10.2. The van der Waals surface area contributed by atoms with E-state index in [4.69, 9.17) is 10.5 Å². The van der Waals surface area contributed by atoms with Crippen LogP contribution in [0.25, 0.3) is 0 Å². The van der Waals surface area contributed by atoms with Crippen molar-refractivity contribution >= 4 is 5.69 Å². The zero-order valence-corrected chi connectivity index (χ0v) is 8.79. The SMILES string of the molecule is CC(C)C1(c2cccc(N)c2)COC1. The lowest BCUT2D eigenvalue weighted by Gasteiger charge is -2.45. The predicted molar refractivity (Wildman–Crippen MR) is 58.2 cm³/mol. The first kappa shape index (κ1) is 9.53. The first-order valence-electron chi connectivity index (χ1n) is 5.09. The van der Waals surface area contributed by atoms with Crippen molar-refractivity contribution in [3.8, 4) is 0 Å². The summed E-state index contributed by atoms with van der Waals surface area (Å²) in [4.78, 5) is 0. The molecule has 1 aliphatic heterocycles. The van der Waals surface area contributed by atoms with Gasteiger partial charge in [0.1, 0.15) is 0 Å². The number of nitrogens with two attached hydrogens (primary N) is 1. The van der Waals surface area contributed by atoms with Gasteiger partial charge in [-0.15, -0.1) is 0 Å². The molecule has 0 aromatic heterocycles. The third kappa shape index (κ3) is 1.30. The van der Waals surface area contributed by atoms with Gasteiger partial charge < -0.3 is 10.5 Å². The topological polar surface area (TPSA) is 35.2 Å². The Balaban J connectivity index is 2.37. The average Bonchev–Trinajstić information content (AvgIpc) is 2.00. The summed E-state index contributed by atoms with van der Waals surface area (Å²) in [6.45, 7) is 6.14. The molecule has 1 heterocycles. The van der Waals surface area contributed by atoms with E-state index in [1.165, 1.54) is 5.56 Å². The van der Waals surface area contributed by atoms with Gasteiger partial charge >= 0.3 is 0 Å². The molecule has 0 bridgehead atoms. The van der Waals surface area contributed by atoms with E-state index in [1.807, 2.05) is 12.1 Å². The minimum Gasteiger partial charge on any atom is -0.399 e. The van der Waals surface area contributed by atoms with Gasteiger partial charge in [-0.05, 0) is 23.6 Å². The van der Waals surface area contributed by atoms with Gasteiger partial charge in [-0.1, -0.05) is 26.0 Å². The van der Waals surface area contributed by atoms with Crippen molar-refractivity contribution in [2.24, 2.45) is 5.92 Å². The molecule has 1 aromatic carbocycles. The Hall–Kier alpha value is -1.02. The predicted octanol–water partition coefficient (Wildman–Crippen LogP) is 2.19. The van der Waals surface area contributed by atoms with Crippen molar-refractivity contribution in [3.05, 3.63) is 29.8 Å². The lowest BCUT2D eigenvalue weighted by molar-refractivity contribution is -0.0836. The highest BCUT2D eigenvalue weighted by Crippen LogP contribution is 2.39. The van der Waals surface area contributed by atoms with Gasteiger partial charge in [0.05, 0.1) is 13.2 Å². The van der Waals surface area contributed by atoms with E-state index in [0.717, 1.165) is 18.9 Å². The average molecular weight is 191 g/mol. The Morgan fingerprint density at radius 3 is 2.50 bits per heavy atom. The quantitative estimate of drug-likeness (QED) is 0.727. The molecule has 1 saturated heterocycles. The Labute approximate surface area is 85.1 Å². The first-order valence-corrected chi connectivity index (χ1v) is 5.09. The van der Waals surface area contributed by atoms with Gasteiger partial charge in [-0.25, -0.2) is 0 Å². The smallest absolute Gasteiger partial charge is 0.0588 e. The molecule has 0 atom stereocenters. The second-order valence-electron chi connectivity index (χ2n) is 4.43. The summed E-state index contributed by atoms with van der Waals surface area (Å²) in [7, 11) is 0. The molecule has 0 spiro atoms. The van der Waals surface area contributed by atoms with Crippen LogP contribution in [0.1, 0.15) is 19.4 Å². The van der Waals surface area contributed by atoms with E-state index in [2.05, 4.69) is 26.0 Å². The molecule has 2 nitrogen and oxygen atoms in total. The molecule has 2 N–H and O–H groups in total. The third-order valence-corrected chi connectivity index (χ3v) is 3.29. The summed E-state index contributed by atoms with van der Waals surface area (Å²) >= 11 is 0. The van der Waals surface area contributed by atoms with Crippen LogP contribution in [-0.2, 0) is 10.2 Å². The zero-order valence-electron chi connectivity index (χ0n) is 8.79. The second-order valence-corrected chi connectivity index (χ2v) is 4.43. The van der Waals surface area contributed by atoms with Gasteiger partial charge in [0, 0.05) is 11.1 Å². The standard InChI is InChI=1S/C12H17NO/c1-9(2)12(7-14-8-12)10-4-3-5-11(13)6-10/h3-6,9H,7-8,13H2,1-2H3. The highest BCUT2D eigenvalue weighted by molar-refractivity contribution is 5.44. The summed E-state index contributed by atoms with van der Waals surface area (Å²) in [6, 6.07) is 8.17.